The summed E-state index contributed by atoms with van der Waals surface area (Å²) in [5, 5.41) is 2.93. The number of nitrogens with zero attached hydrogens (tertiary/aromatic N) is 1. The highest BCUT2D eigenvalue weighted by Gasteiger charge is 2.05. The van der Waals surface area contributed by atoms with Crippen molar-refractivity contribution in [3.63, 3.8) is 0 Å². The second-order valence-corrected chi connectivity index (χ2v) is 5.37. The van der Waals surface area contributed by atoms with Crippen molar-refractivity contribution in [2.75, 3.05) is 26.1 Å². The molecule has 0 aromatic heterocycles. The van der Waals surface area contributed by atoms with Crippen LogP contribution >= 0.6 is 0 Å². The van der Waals surface area contributed by atoms with E-state index in [4.69, 9.17) is 4.74 Å². The third-order valence-corrected chi connectivity index (χ3v) is 3.43. The van der Waals surface area contributed by atoms with Gasteiger partial charge in [0.05, 0.1) is 6.61 Å². The molecule has 0 atom stereocenters. The van der Waals surface area contributed by atoms with Gasteiger partial charge in [0.25, 0.3) is 5.91 Å². The first-order chi connectivity index (χ1) is 10.6. The lowest BCUT2D eigenvalue weighted by molar-refractivity contribution is 0.0951. The molecule has 0 aliphatic carbocycles. The highest BCUT2D eigenvalue weighted by atomic mass is 16.5. The van der Waals surface area contributed by atoms with Crippen LogP contribution in [0.4, 0.5) is 5.69 Å². The molecule has 0 aliphatic rings. The number of carbonyl (C=O) groups excluding carboxylic acids is 1. The SMILES string of the molecule is COCc1ccc(C(=O)NCc2ccc(N(C)C)cc2)cc1. The molecule has 1 N–H and O–H groups in total. The van der Waals surface area contributed by atoms with Crippen LogP contribution in [-0.4, -0.2) is 27.1 Å². The lowest BCUT2D eigenvalue weighted by atomic mass is 10.1. The van der Waals surface area contributed by atoms with E-state index in [-0.39, 0.29) is 5.91 Å². The van der Waals surface area contributed by atoms with Crippen molar-refractivity contribution < 1.29 is 9.53 Å². The van der Waals surface area contributed by atoms with Crippen LogP contribution in [0.5, 0.6) is 0 Å². The number of hydrogen-bond acceptors (Lipinski definition) is 3. The Balaban J connectivity index is 1.91. The third-order valence-electron chi connectivity index (χ3n) is 3.43. The van der Waals surface area contributed by atoms with Crippen LogP contribution < -0.4 is 10.2 Å². The number of carbonyl (C=O) groups is 1. The van der Waals surface area contributed by atoms with E-state index in [0.29, 0.717) is 18.7 Å². The van der Waals surface area contributed by atoms with Gasteiger partial charge in [-0.25, -0.2) is 0 Å². The van der Waals surface area contributed by atoms with Gasteiger partial charge in [-0.15, -0.1) is 0 Å². The number of anilines is 1. The highest BCUT2D eigenvalue weighted by molar-refractivity contribution is 5.94. The number of nitrogens with one attached hydrogen (secondary N) is 1. The van der Waals surface area contributed by atoms with Gasteiger partial charge in [0.1, 0.15) is 0 Å². The lowest BCUT2D eigenvalue weighted by Gasteiger charge is -2.13. The summed E-state index contributed by atoms with van der Waals surface area (Å²) in [6, 6.07) is 15.6. The molecule has 0 saturated heterocycles. The summed E-state index contributed by atoms with van der Waals surface area (Å²) in [7, 11) is 5.66. The minimum atomic E-state index is -0.0688. The van der Waals surface area contributed by atoms with Gasteiger partial charge in [-0.05, 0) is 35.4 Å². The summed E-state index contributed by atoms with van der Waals surface area (Å²) < 4.78 is 5.06. The van der Waals surface area contributed by atoms with E-state index in [9.17, 15) is 4.79 Å². The minimum absolute atomic E-state index is 0.0688. The van der Waals surface area contributed by atoms with Crippen LogP contribution in [0.3, 0.4) is 0 Å². The Morgan fingerprint density at radius 3 is 2.14 bits per heavy atom. The lowest BCUT2D eigenvalue weighted by Crippen LogP contribution is -2.22. The number of ether oxygens (including phenoxy) is 1. The van der Waals surface area contributed by atoms with E-state index in [0.717, 1.165) is 16.8 Å². The smallest absolute Gasteiger partial charge is 0.251 e. The van der Waals surface area contributed by atoms with Crippen molar-refractivity contribution in [1.82, 2.24) is 5.32 Å². The molecule has 4 heteroatoms. The van der Waals surface area contributed by atoms with Crippen molar-refractivity contribution in [3.8, 4) is 0 Å². The maximum Gasteiger partial charge on any atom is 0.251 e. The first-order valence-corrected chi connectivity index (χ1v) is 7.22. The molecule has 116 valence electrons. The molecule has 0 fully saturated rings. The predicted octanol–water partition coefficient (Wildman–Crippen LogP) is 2.83. The number of amides is 1. The second kappa shape index (κ2) is 7.61. The largest absolute Gasteiger partial charge is 0.380 e. The normalized spacial score (nSPS) is 10.3. The molecule has 4 nitrogen and oxygen atoms in total. The molecule has 0 radical (unpaired) electrons. The molecule has 22 heavy (non-hydrogen) atoms. The predicted molar refractivity (Wildman–Crippen MR) is 89.1 cm³/mol. The summed E-state index contributed by atoms with van der Waals surface area (Å²) in [4.78, 5) is 14.2. The van der Waals surface area contributed by atoms with E-state index in [1.54, 1.807) is 7.11 Å². The Morgan fingerprint density at radius 2 is 1.59 bits per heavy atom. The van der Waals surface area contributed by atoms with Crippen molar-refractivity contribution >= 4 is 11.6 Å². The zero-order valence-electron chi connectivity index (χ0n) is 13.3. The Hall–Kier alpha value is -2.33. The molecule has 0 heterocycles. The average Bonchev–Trinajstić information content (AvgIpc) is 2.54. The molecule has 0 aliphatic heterocycles. The van der Waals surface area contributed by atoms with Crippen molar-refractivity contribution in [3.05, 3.63) is 65.2 Å². The summed E-state index contributed by atoms with van der Waals surface area (Å²) in [5.74, 6) is -0.0688. The van der Waals surface area contributed by atoms with Crippen molar-refractivity contribution in [2.45, 2.75) is 13.2 Å². The van der Waals surface area contributed by atoms with Gasteiger partial charge in [-0.3, -0.25) is 4.79 Å². The van der Waals surface area contributed by atoms with Crippen LogP contribution in [0.1, 0.15) is 21.5 Å². The van der Waals surface area contributed by atoms with Crippen molar-refractivity contribution in [2.24, 2.45) is 0 Å². The number of rotatable bonds is 6. The quantitative estimate of drug-likeness (QED) is 0.891. The standard InChI is InChI=1S/C18H22N2O2/c1-20(2)17-10-6-14(7-11-17)12-19-18(21)16-8-4-15(5-9-16)13-22-3/h4-11H,12-13H2,1-3H3,(H,19,21). The Bertz CT molecular complexity index is 604. The topological polar surface area (TPSA) is 41.6 Å². The zero-order valence-corrected chi connectivity index (χ0v) is 13.3. The van der Waals surface area contributed by atoms with Crippen molar-refractivity contribution in [1.29, 1.82) is 0 Å². The molecule has 0 spiro atoms. The van der Waals surface area contributed by atoms with Crippen LogP contribution in [0, 0.1) is 0 Å². The number of methoxy groups -OCH3 is 1. The fraction of sp³-hybridized carbons (Fsp3) is 0.278. The molecular formula is C18H22N2O2. The maximum absolute atomic E-state index is 12.1. The molecule has 0 bridgehead atoms. The number of hydrogen-bond donors (Lipinski definition) is 1. The summed E-state index contributed by atoms with van der Waals surface area (Å²) in [6.07, 6.45) is 0. The van der Waals surface area contributed by atoms with Gasteiger partial charge < -0.3 is 15.0 Å². The Labute approximate surface area is 131 Å². The van der Waals surface area contributed by atoms with Gasteiger partial charge in [-0.2, -0.15) is 0 Å². The third kappa shape index (κ3) is 4.33. The van der Waals surface area contributed by atoms with Gasteiger partial charge in [0.15, 0.2) is 0 Å². The fourth-order valence-corrected chi connectivity index (χ4v) is 2.12. The first-order valence-electron chi connectivity index (χ1n) is 7.22. The van der Waals surface area contributed by atoms with E-state index >= 15 is 0 Å². The van der Waals surface area contributed by atoms with Gasteiger partial charge in [0.2, 0.25) is 0 Å². The average molecular weight is 298 g/mol. The summed E-state index contributed by atoms with van der Waals surface area (Å²) in [6.45, 7) is 1.08. The maximum atomic E-state index is 12.1. The number of benzene rings is 2. The van der Waals surface area contributed by atoms with E-state index in [1.807, 2.05) is 67.5 Å². The Kier molecular flexibility index (Phi) is 5.55. The molecule has 0 unspecified atom stereocenters. The zero-order chi connectivity index (χ0) is 15.9. The minimum Gasteiger partial charge on any atom is -0.380 e. The molecular weight excluding hydrogens is 276 g/mol. The van der Waals surface area contributed by atoms with E-state index in [2.05, 4.69) is 5.32 Å². The Morgan fingerprint density at radius 1 is 1.00 bits per heavy atom. The van der Waals surface area contributed by atoms with Crippen LogP contribution in [0.2, 0.25) is 0 Å². The second-order valence-electron chi connectivity index (χ2n) is 5.37. The van der Waals surface area contributed by atoms with Gasteiger partial charge >= 0.3 is 0 Å². The summed E-state index contributed by atoms with van der Waals surface area (Å²) in [5.41, 5.74) is 3.93. The summed E-state index contributed by atoms with van der Waals surface area (Å²) >= 11 is 0. The monoisotopic (exact) mass is 298 g/mol. The fourth-order valence-electron chi connectivity index (χ4n) is 2.12. The van der Waals surface area contributed by atoms with Crippen LogP contribution in [0.25, 0.3) is 0 Å². The first kappa shape index (κ1) is 16.0. The van der Waals surface area contributed by atoms with E-state index in [1.165, 1.54) is 0 Å². The molecule has 2 aromatic rings. The van der Waals surface area contributed by atoms with Crippen LogP contribution in [0.15, 0.2) is 48.5 Å². The molecule has 1 amide bonds. The molecule has 2 rings (SSSR count). The van der Waals surface area contributed by atoms with Crippen LogP contribution in [-0.2, 0) is 17.9 Å². The molecule has 0 saturated carbocycles. The highest BCUT2D eigenvalue weighted by Crippen LogP contribution is 2.12. The van der Waals surface area contributed by atoms with Gasteiger partial charge in [0, 0.05) is 39.0 Å². The van der Waals surface area contributed by atoms with E-state index < -0.39 is 0 Å². The molecule has 2 aromatic carbocycles. The van der Waals surface area contributed by atoms with Gasteiger partial charge in [-0.1, -0.05) is 24.3 Å².